The van der Waals surface area contributed by atoms with Crippen LogP contribution in [0, 0.1) is 5.82 Å². The second kappa shape index (κ2) is 5.86. The fourth-order valence-electron chi connectivity index (χ4n) is 2.91. The van der Waals surface area contributed by atoms with Gasteiger partial charge < -0.3 is 23.5 Å². The highest BCUT2D eigenvalue weighted by Gasteiger charge is 2.55. The molecule has 0 aliphatic carbocycles. The first-order valence-corrected chi connectivity index (χ1v) is 8.66. The van der Waals surface area contributed by atoms with E-state index in [1.807, 2.05) is 27.7 Å². The molecule has 1 fully saturated rings. The number of rotatable bonds is 3. The number of hydrogen-bond donors (Lipinski definition) is 0. The first kappa shape index (κ1) is 19.0. The van der Waals surface area contributed by atoms with Crippen LogP contribution in [0.4, 0.5) is 4.39 Å². The summed E-state index contributed by atoms with van der Waals surface area (Å²) in [5, 5.41) is 0. The van der Waals surface area contributed by atoms with Crippen molar-refractivity contribution < 1.29 is 32.7 Å². The number of carbonyl (C=O) groups is 1. The summed E-state index contributed by atoms with van der Waals surface area (Å²) >= 11 is 0. The lowest BCUT2D eigenvalue weighted by Gasteiger charge is -2.34. The summed E-state index contributed by atoms with van der Waals surface area (Å²) in [7, 11) is -1.02. The Hall–Kier alpha value is -1.80. The Morgan fingerprint density at radius 1 is 1.08 bits per heavy atom. The zero-order chi connectivity index (χ0) is 19.5. The van der Waals surface area contributed by atoms with E-state index in [1.54, 1.807) is 20.8 Å². The van der Waals surface area contributed by atoms with E-state index in [1.165, 1.54) is 0 Å². The number of ether oxygens (including phenoxy) is 3. The molecular formula is C18H24BFO6. The third kappa shape index (κ3) is 2.95. The smallest absolute Gasteiger partial charge is 0.493 e. The van der Waals surface area contributed by atoms with Gasteiger partial charge in [0.2, 0.25) is 5.79 Å². The minimum Gasteiger partial charge on any atom is -0.493 e. The molecule has 0 spiro atoms. The number of hydrogen-bond acceptors (Lipinski definition) is 6. The molecule has 8 heteroatoms. The second-order valence-corrected chi connectivity index (χ2v) is 7.89. The first-order chi connectivity index (χ1) is 11.9. The first-order valence-electron chi connectivity index (χ1n) is 8.66. The van der Waals surface area contributed by atoms with Crippen LogP contribution in [-0.2, 0) is 14.0 Å². The highest BCUT2D eigenvalue weighted by Crippen LogP contribution is 2.41. The maximum absolute atomic E-state index is 15.0. The van der Waals surface area contributed by atoms with Crippen molar-refractivity contribution in [3.05, 3.63) is 17.4 Å². The average Bonchev–Trinajstić information content (AvgIpc) is 2.64. The lowest BCUT2D eigenvalue weighted by molar-refractivity contribution is -0.127. The maximum atomic E-state index is 15.0. The molecule has 142 valence electrons. The van der Waals surface area contributed by atoms with Gasteiger partial charge in [0.05, 0.1) is 23.3 Å². The highest BCUT2D eigenvalue weighted by molar-refractivity contribution is 6.63. The van der Waals surface area contributed by atoms with E-state index >= 15 is 4.39 Å². The monoisotopic (exact) mass is 366 g/mol. The van der Waals surface area contributed by atoms with Gasteiger partial charge >= 0.3 is 13.1 Å². The van der Waals surface area contributed by atoms with E-state index in [4.69, 9.17) is 23.5 Å². The molecule has 0 aromatic heterocycles. The van der Waals surface area contributed by atoms with Crippen LogP contribution in [0.2, 0.25) is 0 Å². The Morgan fingerprint density at radius 2 is 1.65 bits per heavy atom. The van der Waals surface area contributed by atoms with Crippen LogP contribution in [-0.4, -0.2) is 36.7 Å². The zero-order valence-electron chi connectivity index (χ0n) is 16.2. The molecule has 0 bridgehead atoms. The molecule has 1 aromatic rings. The van der Waals surface area contributed by atoms with Crippen molar-refractivity contribution in [1.82, 2.24) is 0 Å². The van der Waals surface area contributed by atoms with Crippen molar-refractivity contribution in [3.8, 4) is 11.5 Å². The molecular weight excluding hydrogens is 342 g/mol. The van der Waals surface area contributed by atoms with Gasteiger partial charge in [-0.2, -0.15) is 0 Å². The van der Waals surface area contributed by atoms with Crippen molar-refractivity contribution >= 4 is 18.6 Å². The standard InChI is InChI=1S/C18H24BFO6/c1-8-22-11-9-10(20)13(19-25-16(2,3)17(4,5)26-19)14-12(11)15(21)24-18(6,7)23-14/h9H,8H2,1-7H3. The molecule has 2 heterocycles. The van der Waals surface area contributed by atoms with Gasteiger partial charge in [-0.3, -0.25) is 0 Å². The van der Waals surface area contributed by atoms with Gasteiger partial charge in [0.1, 0.15) is 22.9 Å². The number of carbonyl (C=O) groups excluding carboxylic acids is 1. The summed E-state index contributed by atoms with van der Waals surface area (Å²) in [4.78, 5) is 12.5. The summed E-state index contributed by atoms with van der Waals surface area (Å²) in [5.74, 6) is -2.41. The number of benzene rings is 1. The number of cyclic esters (lactones) is 1. The Morgan fingerprint density at radius 3 is 2.19 bits per heavy atom. The van der Waals surface area contributed by atoms with E-state index in [9.17, 15) is 4.79 Å². The van der Waals surface area contributed by atoms with Gasteiger partial charge in [-0.05, 0) is 34.6 Å². The molecule has 1 saturated heterocycles. The van der Waals surface area contributed by atoms with Crippen LogP contribution < -0.4 is 14.9 Å². The number of esters is 1. The van der Waals surface area contributed by atoms with E-state index in [0.717, 1.165) is 6.07 Å². The van der Waals surface area contributed by atoms with Gasteiger partial charge in [-0.1, -0.05) is 0 Å². The molecule has 3 rings (SSSR count). The van der Waals surface area contributed by atoms with Crippen molar-refractivity contribution in [2.75, 3.05) is 6.61 Å². The minimum absolute atomic E-state index is 0.0341. The normalized spacial score (nSPS) is 22.5. The molecule has 2 aliphatic rings. The molecule has 0 saturated carbocycles. The SMILES string of the molecule is CCOc1cc(F)c(B2OC(C)(C)C(C)(C)O2)c2c1C(=O)OC(C)(C)O2. The molecule has 6 nitrogen and oxygen atoms in total. The van der Waals surface area contributed by atoms with Crippen LogP contribution in [0.3, 0.4) is 0 Å². The van der Waals surface area contributed by atoms with E-state index < -0.39 is 35.9 Å². The Bertz CT molecular complexity index is 743. The predicted molar refractivity (Wildman–Crippen MR) is 93.4 cm³/mol. The van der Waals surface area contributed by atoms with Crippen LogP contribution in [0.5, 0.6) is 11.5 Å². The summed E-state index contributed by atoms with van der Waals surface area (Å²) in [6, 6.07) is 1.14. The molecule has 0 radical (unpaired) electrons. The van der Waals surface area contributed by atoms with Crippen molar-refractivity contribution in [3.63, 3.8) is 0 Å². The largest absolute Gasteiger partial charge is 0.501 e. The topological polar surface area (TPSA) is 63.2 Å². The quantitative estimate of drug-likeness (QED) is 0.606. The molecule has 1 aromatic carbocycles. The summed E-state index contributed by atoms with van der Waals surface area (Å²) < 4.78 is 43.5. The van der Waals surface area contributed by atoms with Crippen LogP contribution in [0.25, 0.3) is 0 Å². The molecule has 26 heavy (non-hydrogen) atoms. The molecule has 0 amide bonds. The van der Waals surface area contributed by atoms with Crippen LogP contribution in [0.1, 0.15) is 58.8 Å². The fraction of sp³-hybridized carbons (Fsp3) is 0.611. The summed E-state index contributed by atoms with van der Waals surface area (Å²) in [6.45, 7) is 12.6. The van der Waals surface area contributed by atoms with Crippen LogP contribution in [0.15, 0.2) is 6.07 Å². The van der Waals surface area contributed by atoms with E-state index in [-0.39, 0.29) is 29.1 Å². The third-order valence-electron chi connectivity index (χ3n) is 4.91. The van der Waals surface area contributed by atoms with Crippen molar-refractivity contribution in [2.24, 2.45) is 0 Å². The van der Waals surface area contributed by atoms with Gasteiger partial charge in [0.25, 0.3) is 0 Å². The fourth-order valence-corrected chi connectivity index (χ4v) is 2.91. The predicted octanol–water partition coefficient (Wildman–Crippen LogP) is 2.81. The minimum atomic E-state index is -1.25. The average molecular weight is 366 g/mol. The van der Waals surface area contributed by atoms with Gasteiger partial charge in [-0.25, -0.2) is 9.18 Å². The molecule has 0 N–H and O–H groups in total. The number of halogens is 1. The lowest BCUT2D eigenvalue weighted by atomic mass is 9.76. The second-order valence-electron chi connectivity index (χ2n) is 7.89. The van der Waals surface area contributed by atoms with E-state index in [2.05, 4.69) is 0 Å². The Balaban J connectivity index is 2.18. The number of fused-ring (bicyclic) bond motifs is 1. The third-order valence-corrected chi connectivity index (χ3v) is 4.91. The van der Waals surface area contributed by atoms with Crippen LogP contribution >= 0.6 is 0 Å². The highest BCUT2D eigenvalue weighted by atomic mass is 19.1. The Labute approximate surface area is 153 Å². The molecule has 2 aliphatic heterocycles. The summed E-state index contributed by atoms with van der Waals surface area (Å²) in [6.07, 6.45) is 0. The lowest BCUT2D eigenvalue weighted by Crippen LogP contribution is -2.46. The van der Waals surface area contributed by atoms with Gasteiger partial charge in [0.15, 0.2) is 0 Å². The van der Waals surface area contributed by atoms with E-state index in [0.29, 0.717) is 0 Å². The van der Waals surface area contributed by atoms with Crippen molar-refractivity contribution in [1.29, 1.82) is 0 Å². The van der Waals surface area contributed by atoms with Gasteiger partial charge in [0, 0.05) is 19.9 Å². The van der Waals surface area contributed by atoms with Gasteiger partial charge in [-0.15, -0.1) is 0 Å². The zero-order valence-corrected chi connectivity index (χ0v) is 16.2. The van der Waals surface area contributed by atoms with Crippen molar-refractivity contribution in [2.45, 2.75) is 65.5 Å². The molecule has 0 atom stereocenters. The maximum Gasteiger partial charge on any atom is 0.501 e. The molecule has 0 unspecified atom stereocenters. The summed E-state index contributed by atoms with van der Waals surface area (Å²) in [5.41, 5.74) is -1.26. The Kier molecular flexibility index (Phi) is 4.27.